The zero-order valence-electron chi connectivity index (χ0n) is 12.3. The Bertz CT molecular complexity index is 474. The van der Waals surface area contributed by atoms with Crippen LogP contribution in [-0.4, -0.2) is 64.1 Å². The fraction of sp³-hybridized carbons (Fsp3) is 0.625. The van der Waals surface area contributed by atoms with E-state index in [-0.39, 0.29) is 11.9 Å². The topological polar surface area (TPSA) is 56.7 Å². The van der Waals surface area contributed by atoms with E-state index in [1.54, 1.807) is 12.4 Å². The van der Waals surface area contributed by atoms with Gasteiger partial charge in [-0.1, -0.05) is 6.07 Å². The lowest BCUT2D eigenvalue weighted by Gasteiger charge is -2.25. The molecule has 0 aromatic carbocycles. The Hall–Kier alpha value is -1.46. The van der Waals surface area contributed by atoms with Crippen molar-refractivity contribution in [3.8, 4) is 0 Å². The third-order valence-corrected chi connectivity index (χ3v) is 4.57. The molecule has 21 heavy (non-hydrogen) atoms. The van der Waals surface area contributed by atoms with E-state index in [1.807, 2.05) is 17.0 Å². The second kappa shape index (κ2) is 6.54. The average Bonchev–Trinajstić information content (AvgIpc) is 3.15. The zero-order valence-corrected chi connectivity index (χ0v) is 12.3. The first kappa shape index (κ1) is 14.5. The van der Waals surface area contributed by atoms with Gasteiger partial charge in [-0.05, 0) is 44.0 Å². The summed E-state index contributed by atoms with van der Waals surface area (Å²) in [6.45, 7) is 3.26. The summed E-state index contributed by atoms with van der Waals surface area (Å²) in [7, 11) is 0. The summed E-state index contributed by atoms with van der Waals surface area (Å²) < 4.78 is 0. The highest BCUT2D eigenvalue weighted by Gasteiger charge is 2.38. The number of carbonyl (C=O) groups excluding carboxylic acids is 1. The zero-order chi connectivity index (χ0) is 14.7. The second-order valence-corrected chi connectivity index (χ2v) is 6.04. The molecular weight excluding hydrogens is 266 g/mol. The maximum absolute atomic E-state index is 12.3. The van der Waals surface area contributed by atoms with Crippen molar-refractivity contribution in [2.45, 2.75) is 37.8 Å². The van der Waals surface area contributed by atoms with Crippen LogP contribution in [0.5, 0.6) is 0 Å². The van der Waals surface area contributed by atoms with Crippen LogP contribution in [0.3, 0.4) is 0 Å². The van der Waals surface area contributed by atoms with E-state index in [0.29, 0.717) is 25.9 Å². The van der Waals surface area contributed by atoms with Gasteiger partial charge in [0, 0.05) is 31.9 Å². The standard InChI is InChI=1S/C16H23N3O2/c20-15-12-19(11-14(15)18-8-1-2-9-18)16(21)6-5-13-4-3-7-17-10-13/h3-4,7,10,14-15,20H,1-2,5-6,8-9,11-12H2/t14-,15-/m1/s1. The number of rotatable bonds is 4. The van der Waals surface area contributed by atoms with E-state index in [1.165, 1.54) is 12.8 Å². The van der Waals surface area contributed by atoms with Crippen molar-refractivity contribution in [1.29, 1.82) is 0 Å². The number of hydrogen-bond acceptors (Lipinski definition) is 4. The minimum Gasteiger partial charge on any atom is -0.390 e. The van der Waals surface area contributed by atoms with E-state index in [0.717, 1.165) is 18.7 Å². The van der Waals surface area contributed by atoms with Gasteiger partial charge in [0.05, 0.1) is 12.1 Å². The van der Waals surface area contributed by atoms with E-state index < -0.39 is 6.10 Å². The lowest BCUT2D eigenvalue weighted by Crippen LogP contribution is -2.41. The quantitative estimate of drug-likeness (QED) is 0.886. The highest BCUT2D eigenvalue weighted by molar-refractivity contribution is 5.77. The number of amides is 1. The number of β-amino-alcohol motifs (C(OH)–C–C–N with tert-alkyl or cyclic N) is 1. The van der Waals surface area contributed by atoms with Gasteiger partial charge in [-0.2, -0.15) is 0 Å². The van der Waals surface area contributed by atoms with Gasteiger partial charge in [-0.25, -0.2) is 0 Å². The first-order chi connectivity index (χ1) is 10.2. The summed E-state index contributed by atoms with van der Waals surface area (Å²) in [5.74, 6) is 0.139. The van der Waals surface area contributed by atoms with Crippen molar-refractivity contribution in [2.24, 2.45) is 0 Å². The smallest absolute Gasteiger partial charge is 0.223 e. The molecular formula is C16H23N3O2. The van der Waals surface area contributed by atoms with Crippen molar-refractivity contribution < 1.29 is 9.90 Å². The molecule has 3 rings (SSSR count). The SMILES string of the molecule is O=C(CCc1cccnc1)N1C[C@@H](O)[C@H](N2CCCC2)C1. The molecule has 1 aromatic rings. The van der Waals surface area contributed by atoms with E-state index in [4.69, 9.17) is 0 Å². The fourth-order valence-electron chi connectivity index (χ4n) is 3.36. The molecule has 114 valence electrons. The Morgan fingerprint density at radius 2 is 2.14 bits per heavy atom. The van der Waals surface area contributed by atoms with Crippen LogP contribution in [-0.2, 0) is 11.2 Å². The molecule has 1 aromatic heterocycles. The van der Waals surface area contributed by atoms with E-state index in [9.17, 15) is 9.90 Å². The molecule has 5 heteroatoms. The number of nitrogens with zero attached hydrogens (tertiary/aromatic N) is 3. The van der Waals surface area contributed by atoms with Crippen LogP contribution in [0.2, 0.25) is 0 Å². The highest BCUT2D eigenvalue weighted by atomic mass is 16.3. The van der Waals surface area contributed by atoms with Gasteiger partial charge in [0.2, 0.25) is 5.91 Å². The van der Waals surface area contributed by atoms with Crippen molar-refractivity contribution in [3.05, 3.63) is 30.1 Å². The van der Waals surface area contributed by atoms with E-state index >= 15 is 0 Å². The summed E-state index contributed by atoms with van der Waals surface area (Å²) in [5, 5.41) is 10.2. The summed E-state index contributed by atoms with van der Waals surface area (Å²) in [4.78, 5) is 20.5. The molecule has 2 atom stereocenters. The Morgan fingerprint density at radius 1 is 1.33 bits per heavy atom. The molecule has 5 nitrogen and oxygen atoms in total. The summed E-state index contributed by atoms with van der Waals surface area (Å²) in [6.07, 6.45) is 6.77. The van der Waals surface area contributed by atoms with Gasteiger partial charge in [0.25, 0.3) is 0 Å². The summed E-state index contributed by atoms with van der Waals surface area (Å²) in [5.41, 5.74) is 1.08. The summed E-state index contributed by atoms with van der Waals surface area (Å²) >= 11 is 0. The highest BCUT2D eigenvalue weighted by Crippen LogP contribution is 2.21. The third-order valence-electron chi connectivity index (χ3n) is 4.57. The van der Waals surface area contributed by atoms with Crippen LogP contribution in [0.15, 0.2) is 24.5 Å². The predicted molar refractivity (Wildman–Crippen MR) is 79.7 cm³/mol. The van der Waals surface area contributed by atoms with Crippen LogP contribution < -0.4 is 0 Å². The minimum atomic E-state index is -0.398. The predicted octanol–water partition coefficient (Wildman–Crippen LogP) is 0.682. The van der Waals surface area contributed by atoms with Crippen LogP contribution >= 0.6 is 0 Å². The first-order valence-corrected chi connectivity index (χ1v) is 7.83. The van der Waals surface area contributed by atoms with Crippen molar-refractivity contribution >= 4 is 5.91 Å². The van der Waals surface area contributed by atoms with Crippen molar-refractivity contribution in [2.75, 3.05) is 26.2 Å². The Balaban J connectivity index is 1.51. The molecule has 0 bridgehead atoms. The van der Waals surface area contributed by atoms with Gasteiger partial charge in [-0.3, -0.25) is 14.7 Å². The maximum atomic E-state index is 12.3. The Labute approximate surface area is 125 Å². The number of aryl methyl sites for hydroxylation is 1. The van der Waals surface area contributed by atoms with Crippen LogP contribution in [0.25, 0.3) is 0 Å². The molecule has 2 aliphatic rings. The Kier molecular flexibility index (Phi) is 4.51. The molecule has 0 saturated carbocycles. The van der Waals surface area contributed by atoms with Crippen molar-refractivity contribution in [1.82, 2.24) is 14.8 Å². The van der Waals surface area contributed by atoms with Crippen LogP contribution in [0, 0.1) is 0 Å². The number of aromatic nitrogens is 1. The number of aliphatic hydroxyl groups is 1. The minimum absolute atomic E-state index is 0.134. The molecule has 0 radical (unpaired) electrons. The molecule has 2 fully saturated rings. The van der Waals surface area contributed by atoms with E-state index in [2.05, 4.69) is 9.88 Å². The lowest BCUT2D eigenvalue weighted by molar-refractivity contribution is -0.130. The lowest BCUT2D eigenvalue weighted by atomic mass is 10.1. The van der Waals surface area contributed by atoms with Crippen LogP contribution in [0.1, 0.15) is 24.8 Å². The number of carbonyl (C=O) groups is 1. The molecule has 1 amide bonds. The molecule has 0 unspecified atom stereocenters. The second-order valence-electron chi connectivity index (χ2n) is 6.04. The summed E-state index contributed by atoms with van der Waals surface area (Å²) in [6, 6.07) is 4.02. The van der Waals surface area contributed by atoms with Gasteiger partial charge in [0.15, 0.2) is 0 Å². The molecule has 1 N–H and O–H groups in total. The van der Waals surface area contributed by atoms with Gasteiger partial charge >= 0.3 is 0 Å². The maximum Gasteiger partial charge on any atom is 0.223 e. The largest absolute Gasteiger partial charge is 0.390 e. The molecule has 0 spiro atoms. The molecule has 2 aliphatic heterocycles. The van der Waals surface area contributed by atoms with Crippen LogP contribution in [0.4, 0.5) is 0 Å². The van der Waals surface area contributed by atoms with Crippen molar-refractivity contribution in [3.63, 3.8) is 0 Å². The Morgan fingerprint density at radius 3 is 2.86 bits per heavy atom. The molecule has 3 heterocycles. The van der Waals surface area contributed by atoms with Gasteiger partial charge < -0.3 is 10.0 Å². The number of aliphatic hydroxyl groups excluding tert-OH is 1. The monoisotopic (exact) mass is 289 g/mol. The average molecular weight is 289 g/mol. The molecule has 2 saturated heterocycles. The first-order valence-electron chi connectivity index (χ1n) is 7.83. The third kappa shape index (κ3) is 3.41. The number of hydrogen-bond donors (Lipinski definition) is 1. The number of pyridine rings is 1. The normalized spacial score (nSPS) is 26.4. The van der Waals surface area contributed by atoms with Gasteiger partial charge in [-0.15, -0.1) is 0 Å². The molecule has 0 aliphatic carbocycles. The fourth-order valence-corrected chi connectivity index (χ4v) is 3.36. The van der Waals surface area contributed by atoms with Gasteiger partial charge in [0.1, 0.15) is 0 Å². The number of likely N-dealkylation sites (tertiary alicyclic amines) is 2.